The second-order valence-corrected chi connectivity index (χ2v) is 34.5. The van der Waals surface area contributed by atoms with Crippen molar-refractivity contribution in [2.45, 2.75) is 333 Å². The first kappa shape index (κ1) is 83.0. The van der Waals surface area contributed by atoms with E-state index in [0.29, 0.717) is 38.5 Å². The second-order valence-electron chi connectivity index (χ2n) is 34.5. The van der Waals surface area contributed by atoms with Gasteiger partial charge in [0, 0.05) is 11.3 Å². The number of carbonyl (C=O) groups is 1. The van der Waals surface area contributed by atoms with E-state index in [1.54, 1.807) is 0 Å². The topological polar surface area (TPSA) is 580 Å². The van der Waals surface area contributed by atoms with Crippen molar-refractivity contribution in [2.24, 2.45) is 50.2 Å². The molecule has 8 aliphatic heterocycles. The Morgan fingerprint density at radius 3 is 1.40 bits per heavy atom. The molecule has 8 heterocycles. The molecule has 13 aliphatic rings. The molecule has 13 rings (SSSR count). The van der Waals surface area contributed by atoms with Crippen LogP contribution in [0.25, 0.3) is 0 Å². The lowest BCUT2D eigenvalue weighted by molar-refractivity contribution is -0.414. The summed E-state index contributed by atoms with van der Waals surface area (Å²) < 4.78 is 93.1. The molecule has 37 heteroatoms. The first-order valence-electron chi connectivity index (χ1n) is 37.6. The average Bonchev–Trinajstić information content (AvgIpc) is 1.54. The molecule has 43 atom stereocenters. The SMILES string of the molecule is CC1(C)CC[C@]23C(=O)O[C@@]4(CC[C@@H]5[C@]6(C)CC[C@H](O[C@@H]7OC[C@H](O[C@@H]8O[C@H](CO)[C@@H](O)[C@H](O[C@@H]9O[C@H](CO)[C@@H](O[C@@H]%10O[C@H](CO)[C@@H](O)[C@H](O)[C@H]%10O)[C@@H](O[C@@H]%10O[C@H](CO)[C@@H](O)[C@H](O)[C@H]%10O)[C@H]9O)[C@H]8O[C@@H]8OC[C@H](O)[C@@H](O)[C@H]8O)[C@H](O)[C@H]7O[C@@H]7O[C@H](CO)[C@@H](O)[C@H](O)[C@H]7O)C(C)(C)[C@@H]6CC[C@@]5(C)[C@]4(C)C[C@H]2O)[C@@H]3C1. The van der Waals surface area contributed by atoms with Crippen LogP contribution in [0.1, 0.15) is 113 Å². The zero-order valence-corrected chi connectivity index (χ0v) is 60.9. The van der Waals surface area contributed by atoms with E-state index < -0.39 is 288 Å². The summed E-state index contributed by atoms with van der Waals surface area (Å²) in [6.07, 6.45) is -60.6. The zero-order chi connectivity index (χ0) is 77.6. The molecule has 0 radical (unpaired) electrons. The fourth-order valence-corrected chi connectivity index (χ4v) is 21.8. The van der Waals surface area contributed by atoms with Crippen molar-refractivity contribution >= 4 is 5.97 Å². The minimum atomic E-state index is -2.41. The van der Waals surface area contributed by atoms with Gasteiger partial charge in [0.05, 0.1) is 58.5 Å². The van der Waals surface area contributed by atoms with E-state index in [0.717, 1.165) is 25.7 Å². The summed E-state index contributed by atoms with van der Waals surface area (Å²) in [5.74, 6) is -0.370. The fourth-order valence-electron chi connectivity index (χ4n) is 21.8. The highest BCUT2D eigenvalue weighted by Gasteiger charge is 2.83. The predicted octanol–water partition coefficient (Wildman–Crippen LogP) is -8.07. The highest BCUT2D eigenvalue weighted by Crippen LogP contribution is 2.81. The van der Waals surface area contributed by atoms with Gasteiger partial charge in [-0.1, -0.05) is 48.5 Å². The number of ether oxygens (including phenoxy) is 15. The molecule has 0 aromatic rings. The molecule has 616 valence electrons. The van der Waals surface area contributed by atoms with Crippen LogP contribution >= 0.6 is 0 Å². The van der Waals surface area contributed by atoms with E-state index in [4.69, 9.17) is 71.1 Å². The highest BCUT2D eigenvalue weighted by molar-refractivity contribution is 5.82. The van der Waals surface area contributed by atoms with Crippen LogP contribution in [0.4, 0.5) is 0 Å². The molecule has 0 amide bonds. The van der Waals surface area contributed by atoms with E-state index in [2.05, 4.69) is 48.5 Å². The first-order chi connectivity index (χ1) is 50.4. The Bertz CT molecular complexity index is 3030. The van der Waals surface area contributed by atoms with Crippen molar-refractivity contribution in [1.82, 2.24) is 0 Å². The summed E-state index contributed by atoms with van der Waals surface area (Å²) in [5.41, 5.74) is -3.82. The third-order valence-electron chi connectivity index (χ3n) is 28.1. The highest BCUT2D eigenvalue weighted by atomic mass is 16.8. The van der Waals surface area contributed by atoms with Crippen molar-refractivity contribution in [1.29, 1.82) is 0 Å². The molecule has 5 saturated carbocycles. The van der Waals surface area contributed by atoms with Crippen LogP contribution in [0, 0.1) is 50.2 Å². The van der Waals surface area contributed by atoms with Crippen LogP contribution in [0.15, 0.2) is 0 Å². The van der Waals surface area contributed by atoms with Crippen molar-refractivity contribution in [3.05, 3.63) is 0 Å². The molecule has 0 aromatic heterocycles. The molecule has 5 aliphatic carbocycles. The van der Waals surface area contributed by atoms with Gasteiger partial charge in [0.1, 0.15) is 170 Å². The van der Waals surface area contributed by atoms with Gasteiger partial charge in [-0.05, 0) is 97.7 Å². The molecule has 2 bridgehead atoms. The molecule has 21 N–H and O–H groups in total. The summed E-state index contributed by atoms with van der Waals surface area (Å²) in [6.45, 7) is 9.14. The minimum absolute atomic E-state index is 0.0329. The van der Waals surface area contributed by atoms with Gasteiger partial charge in [-0.3, -0.25) is 4.79 Å². The lowest BCUT2D eigenvalue weighted by Gasteiger charge is -2.74. The maximum Gasteiger partial charge on any atom is 0.315 e. The van der Waals surface area contributed by atoms with Gasteiger partial charge in [0.15, 0.2) is 44.0 Å². The van der Waals surface area contributed by atoms with Crippen LogP contribution in [-0.4, -0.2) is 380 Å². The van der Waals surface area contributed by atoms with E-state index >= 15 is 0 Å². The van der Waals surface area contributed by atoms with Crippen LogP contribution in [0.5, 0.6) is 0 Å². The molecular formula is C70H114O37. The summed E-state index contributed by atoms with van der Waals surface area (Å²) in [5, 5.41) is 234. The number of aliphatic hydroxyl groups excluding tert-OH is 21. The molecule has 0 aromatic carbocycles. The molecule has 0 unspecified atom stereocenters. The molecule has 1 spiro atoms. The molecule has 13 fully saturated rings. The van der Waals surface area contributed by atoms with Crippen molar-refractivity contribution < 1.29 is 183 Å². The normalized spacial score (nSPS) is 56.0. The van der Waals surface area contributed by atoms with Crippen molar-refractivity contribution in [2.75, 3.05) is 46.2 Å². The van der Waals surface area contributed by atoms with E-state index in [1.165, 1.54) is 0 Å². The Hall–Kier alpha value is -1.93. The third-order valence-corrected chi connectivity index (χ3v) is 28.1. The van der Waals surface area contributed by atoms with Gasteiger partial charge in [-0.25, -0.2) is 0 Å². The summed E-state index contributed by atoms with van der Waals surface area (Å²) in [4.78, 5) is 14.4. The fraction of sp³-hybridized carbons (Fsp3) is 0.986. The lowest BCUT2D eigenvalue weighted by atomic mass is 9.30. The van der Waals surface area contributed by atoms with Crippen LogP contribution in [0.2, 0.25) is 0 Å². The molecule has 107 heavy (non-hydrogen) atoms. The van der Waals surface area contributed by atoms with E-state index in [1.807, 2.05) is 0 Å². The molecule has 37 nitrogen and oxygen atoms in total. The van der Waals surface area contributed by atoms with Gasteiger partial charge in [0.2, 0.25) is 0 Å². The largest absolute Gasteiger partial charge is 0.458 e. The average molecular weight is 1550 g/mol. The Morgan fingerprint density at radius 1 is 0.374 bits per heavy atom. The van der Waals surface area contributed by atoms with Gasteiger partial charge in [-0.15, -0.1) is 0 Å². The second kappa shape index (κ2) is 30.9. The standard InChI is InChI=1S/C70H114O37/c1-64(2)14-15-69-34(16-64)70(107-63(69)92)13-9-33-66(5)11-10-36(65(3,4)32(66)8-12-67(33,6)68(70,7)17-35(69)77)101-61-54(105-59-49(90)45(86)40(81)28(20-73)97-59)42(83)31(24-94-61)100-62-55(106-56-46(87)37(78)25(76)23-93-56)52(41(82)29(21-74)98-62)103-60-50(91)53(104-58-48(89)44(85)39(80)27(19-72)96-58)51(30(22-75)99-60)102-57-47(88)43(84)38(79)26(18-71)95-57/h25-62,71-91H,8-24H2,1-7H3/t25-,26+,27+,28+,29+,30+,31-,32-,33+,34+,35+,36-,37+,38+,39+,40+,41+,42-,43-,44-,45-,46+,47+,48+,49+,50+,51+,52-,53-,54+,55+,56-,57-,58-,59-,60-,61-,62-,66+,67+,68-,69+,70-/m0/s1. The number of hydrogen-bond donors (Lipinski definition) is 21. The Balaban J connectivity index is 0.793. The first-order valence-corrected chi connectivity index (χ1v) is 37.6. The monoisotopic (exact) mass is 1550 g/mol. The van der Waals surface area contributed by atoms with Crippen LogP contribution in [0.3, 0.4) is 0 Å². The quantitative estimate of drug-likeness (QED) is 0.0422. The van der Waals surface area contributed by atoms with Crippen LogP contribution in [-0.2, 0) is 75.8 Å². The van der Waals surface area contributed by atoms with Crippen molar-refractivity contribution in [3.63, 3.8) is 0 Å². The van der Waals surface area contributed by atoms with Gasteiger partial charge < -0.3 is 178 Å². The summed E-state index contributed by atoms with van der Waals surface area (Å²) in [7, 11) is 0. The Morgan fingerprint density at radius 2 is 0.841 bits per heavy atom. The van der Waals surface area contributed by atoms with Gasteiger partial charge in [0.25, 0.3) is 0 Å². The van der Waals surface area contributed by atoms with Gasteiger partial charge in [-0.2, -0.15) is 0 Å². The summed E-state index contributed by atoms with van der Waals surface area (Å²) in [6, 6.07) is 0. The number of aliphatic hydroxyl groups is 21. The number of esters is 1. The number of carbonyl (C=O) groups excluding carboxylic acids is 1. The molecule has 8 saturated heterocycles. The maximum absolute atomic E-state index is 14.4. The molecular weight excluding hydrogens is 1430 g/mol. The predicted molar refractivity (Wildman–Crippen MR) is 348 cm³/mol. The Kier molecular flexibility index (Phi) is 24.0. The van der Waals surface area contributed by atoms with E-state index in [9.17, 15) is 112 Å². The lowest BCUT2D eigenvalue weighted by Crippen LogP contribution is -2.74. The van der Waals surface area contributed by atoms with Crippen LogP contribution < -0.4 is 0 Å². The number of rotatable bonds is 19. The number of fused-ring (bicyclic) bond motifs is 4. The van der Waals surface area contributed by atoms with Crippen molar-refractivity contribution in [3.8, 4) is 0 Å². The Labute approximate surface area is 616 Å². The zero-order valence-electron chi connectivity index (χ0n) is 60.9. The third kappa shape index (κ3) is 13.6. The van der Waals surface area contributed by atoms with Gasteiger partial charge >= 0.3 is 5.97 Å². The van der Waals surface area contributed by atoms with E-state index in [-0.39, 0.29) is 34.6 Å². The number of hydrogen-bond acceptors (Lipinski definition) is 37. The minimum Gasteiger partial charge on any atom is -0.458 e. The maximum atomic E-state index is 14.4. The smallest absolute Gasteiger partial charge is 0.315 e. The summed E-state index contributed by atoms with van der Waals surface area (Å²) >= 11 is 0.